The molecule has 0 atom stereocenters. The summed E-state index contributed by atoms with van der Waals surface area (Å²) in [4.78, 5) is 4.50. The van der Waals surface area contributed by atoms with Gasteiger partial charge in [0.2, 0.25) is 0 Å². The van der Waals surface area contributed by atoms with Crippen molar-refractivity contribution in [1.82, 2.24) is 4.98 Å². The van der Waals surface area contributed by atoms with E-state index in [1.807, 2.05) is 32.0 Å². The largest absolute Gasteiger partial charge is 0.253 e. The highest BCUT2D eigenvalue weighted by Gasteiger charge is 2.08. The van der Waals surface area contributed by atoms with E-state index in [0.29, 0.717) is 5.02 Å². The monoisotopic (exact) mass is 285 g/mol. The average Bonchev–Trinajstić information content (AvgIpc) is 2.39. The van der Waals surface area contributed by atoms with Gasteiger partial charge in [0.15, 0.2) is 0 Å². The average molecular weight is 286 g/mol. The molecule has 0 aliphatic carbocycles. The predicted octanol–water partition coefficient (Wildman–Crippen LogP) is 5.31. The van der Waals surface area contributed by atoms with Crippen molar-refractivity contribution in [3.8, 4) is 11.1 Å². The smallest absolute Gasteiger partial charge is 0.123 e. The summed E-state index contributed by atoms with van der Waals surface area (Å²) in [6.45, 7) is 3.95. The van der Waals surface area contributed by atoms with Gasteiger partial charge in [-0.3, -0.25) is 4.98 Å². The Labute approximate surface area is 122 Å². The molecule has 0 saturated carbocycles. The fourth-order valence-electron chi connectivity index (χ4n) is 2.40. The highest BCUT2D eigenvalue weighted by molar-refractivity contribution is 6.35. The molecular weight excluding hydrogens is 273 g/mol. The molecule has 1 heterocycles. The molecule has 0 amide bonds. The number of fused-ring (bicyclic) bond motifs is 1. The number of halogens is 2. The Hall–Kier alpha value is -1.93. The van der Waals surface area contributed by atoms with Gasteiger partial charge in [0.1, 0.15) is 5.82 Å². The van der Waals surface area contributed by atoms with E-state index in [0.717, 1.165) is 33.3 Å². The Morgan fingerprint density at radius 2 is 1.70 bits per heavy atom. The Bertz CT molecular complexity index is 794. The second-order valence-electron chi connectivity index (χ2n) is 4.94. The van der Waals surface area contributed by atoms with E-state index in [1.165, 1.54) is 12.1 Å². The summed E-state index contributed by atoms with van der Waals surface area (Å²) in [6, 6.07) is 12.4. The zero-order chi connectivity index (χ0) is 14.3. The lowest BCUT2D eigenvalue weighted by Crippen LogP contribution is -1.90. The summed E-state index contributed by atoms with van der Waals surface area (Å²) < 4.78 is 13.0. The Kier molecular flexibility index (Phi) is 3.19. The lowest BCUT2D eigenvalue weighted by molar-refractivity contribution is 0.628. The van der Waals surface area contributed by atoms with Crippen LogP contribution in [0.1, 0.15) is 11.3 Å². The summed E-state index contributed by atoms with van der Waals surface area (Å²) in [5.41, 5.74) is 4.90. The number of hydrogen-bond donors (Lipinski definition) is 0. The summed E-state index contributed by atoms with van der Waals surface area (Å²) in [5.74, 6) is -0.234. The maximum Gasteiger partial charge on any atom is 0.123 e. The number of hydrogen-bond acceptors (Lipinski definition) is 1. The molecular formula is C17H13ClFN. The lowest BCUT2D eigenvalue weighted by Gasteiger charge is -2.10. The third kappa shape index (κ3) is 2.27. The van der Waals surface area contributed by atoms with Crippen molar-refractivity contribution >= 4 is 22.5 Å². The highest BCUT2D eigenvalue weighted by atomic mass is 35.5. The van der Waals surface area contributed by atoms with Crippen LogP contribution < -0.4 is 0 Å². The number of nitrogens with zero attached hydrogens (tertiary/aromatic N) is 1. The second-order valence-corrected chi connectivity index (χ2v) is 5.34. The number of aryl methyl sites for hydroxylation is 2. The van der Waals surface area contributed by atoms with E-state index in [1.54, 1.807) is 12.1 Å². The fourth-order valence-corrected chi connectivity index (χ4v) is 2.71. The SMILES string of the molecule is Cc1cc(Cl)c2cc(-c3ccc(F)cc3)c(C)cc2n1. The van der Waals surface area contributed by atoms with E-state index >= 15 is 0 Å². The predicted molar refractivity (Wildman–Crippen MR) is 81.6 cm³/mol. The molecule has 1 aromatic heterocycles. The molecule has 0 fully saturated rings. The molecule has 0 aliphatic rings. The maximum atomic E-state index is 13.0. The van der Waals surface area contributed by atoms with Crippen LogP contribution in [0.5, 0.6) is 0 Å². The van der Waals surface area contributed by atoms with Gasteiger partial charge in [0.05, 0.1) is 10.5 Å². The molecule has 0 aliphatic heterocycles. The molecule has 3 rings (SSSR count). The van der Waals surface area contributed by atoms with E-state index < -0.39 is 0 Å². The van der Waals surface area contributed by atoms with E-state index in [9.17, 15) is 4.39 Å². The molecule has 3 heteroatoms. The Morgan fingerprint density at radius 3 is 2.40 bits per heavy atom. The molecule has 2 aromatic carbocycles. The first kappa shape index (κ1) is 13.1. The van der Waals surface area contributed by atoms with Crippen LogP contribution in [0.3, 0.4) is 0 Å². The van der Waals surface area contributed by atoms with Gasteiger partial charge in [0, 0.05) is 11.1 Å². The molecule has 0 radical (unpaired) electrons. The van der Waals surface area contributed by atoms with Gasteiger partial charge < -0.3 is 0 Å². The molecule has 1 nitrogen and oxygen atoms in total. The first-order chi connectivity index (χ1) is 9.54. The number of benzene rings is 2. The van der Waals surface area contributed by atoms with Gasteiger partial charge >= 0.3 is 0 Å². The molecule has 0 N–H and O–H groups in total. The van der Waals surface area contributed by atoms with Gasteiger partial charge in [-0.25, -0.2) is 4.39 Å². The third-order valence-corrected chi connectivity index (χ3v) is 3.70. The Balaban J connectivity index is 2.26. The molecule has 0 spiro atoms. The number of rotatable bonds is 1. The molecule has 0 bridgehead atoms. The van der Waals surface area contributed by atoms with Crippen molar-refractivity contribution in [2.24, 2.45) is 0 Å². The minimum absolute atomic E-state index is 0.234. The molecule has 0 saturated heterocycles. The van der Waals surface area contributed by atoms with Crippen LogP contribution in [0, 0.1) is 19.7 Å². The molecule has 0 unspecified atom stereocenters. The zero-order valence-corrected chi connectivity index (χ0v) is 12.0. The second kappa shape index (κ2) is 4.88. The van der Waals surface area contributed by atoms with Crippen molar-refractivity contribution in [1.29, 1.82) is 0 Å². The van der Waals surface area contributed by atoms with Crippen LogP contribution in [0.4, 0.5) is 4.39 Å². The van der Waals surface area contributed by atoms with Gasteiger partial charge in [-0.05, 0) is 60.9 Å². The lowest BCUT2D eigenvalue weighted by atomic mass is 9.98. The van der Waals surface area contributed by atoms with Gasteiger partial charge in [-0.1, -0.05) is 23.7 Å². The van der Waals surface area contributed by atoms with Gasteiger partial charge in [0.25, 0.3) is 0 Å². The van der Waals surface area contributed by atoms with E-state index in [-0.39, 0.29) is 5.82 Å². The fraction of sp³-hybridized carbons (Fsp3) is 0.118. The minimum Gasteiger partial charge on any atom is -0.253 e. The highest BCUT2D eigenvalue weighted by Crippen LogP contribution is 2.31. The number of pyridine rings is 1. The van der Waals surface area contributed by atoms with Crippen molar-refractivity contribution in [3.63, 3.8) is 0 Å². The van der Waals surface area contributed by atoms with Crippen LogP contribution in [0.2, 0.25) is 5.02 Å². The standard InChI is InChI=1S/C17H13ClFN/c1-10-7-17-15(16(18)8-11(2)20-17)9-14(10)12-3-5-13(19)6-4-12/h3-9H,1-2H3. The first-order valence-electron chi connectivity index (χ1n) is 6.38. The van der Waals surface area contributed by atoms with Crippen LogP contribution >= 0.6 is 11.6 Å². The maximum absolute atomic E-state index is 13.0. The van der Waals surface area contributed by atoms with Crippen LogP contribution in [-0.2, 0) is 0 Å². The zero-order valence-electron chi connectivity index (χ0n) is 11.2. The molecule has 3 aromatic rings. The summed E-state index contributed by atoms with van der Waals surface area (Å²) in [5, 5.41) is 1.61. The van der Waals surface area contributed by atoms with Crippen molar-refractivity contribution in [3.05, 3.63) is 64.6 Å². The number of aromatic nitrogens is 1. The van der Waals surface area contributed by atoms with Crippen LogP contribution in [0.25, 0.3) is 22.0 Å². The van der Waals surface area contributed by atoms with Gasteiger partial charge in [-0.15, -0.1) is 0 Å². The van der Waals surface area contributed by atoms with Gasteiger partial charge in [-0.2, -0.15) is 0 Å². The van der Waals surface area contributed by atoms with Crippen LogP contribution in [-0.4, -0.2) is 4.98 Å². The molecule has 20 heavy (non-hydrogen) atoms. The minimum atomic E-state index is -0.234. The van der Waals surface area contributed by atoms with Crippen LogP contribution in [0.15, 0.2) is 42.5 Å². The van der Waals surface area contributed by atoms with Crippen molar-refractivity contribution in [2.75, 3.05) is 0 Å². The Morgan fingerprint density at radius 1 is 1.00 bits per heavy atom. The third-order valence-electron chi connectivity index (χ3n) is 3.39. The first-order valence-corrected chi connectivity index (χ1v) is 6.76. The summed E-state index contributed by atoms with van der Waals surface area (Å²) in [7, 11) is 0. The normalized spacial score (nSPS) is 11.0. The topological polar surface area (TPSA) is 12.9 Å². The summed E-state index contributed by atoms with van der Waals surface area (Å²) >= 11 is 6.30. The molecule has 100 valence electrons. The quantitative estimate of drug-likeness (QED) is 0.590. The van der Waals surface area contributed by atoms with Crippen molar-refractivity contribution in [2.45, 2.75) is 13.8 Å². The van der Waals surface area contributed by atoms with E-state index in [4.69, 9.17) is 11.6 Å². The van der Waals surface area contributed by atoms with E-state index in [2.05, 4.69) is 4.98 Å². The summed E-state index contributed by atoms with van der Waals surface area (Å²) in [6.07, 6.45) is 0. The van der Waals surface area contributed by atoms with Crippen molar-refractivity contribution < 1.29 is 4.39 Å².